The quantitative estimate of drug-likeness (QED) is 0.793. The fraction of sp³-hybridized carbons (Fsp3) is 0.200. The van der Waals surface area contributed by atoms with Crippen molar-refractivity contribution in [2.45, 2.75) is 0 Å². The summed E-state index contributed by atoms with van der Waals surface area (Å²) in [5.41, 5.74) is 7.99. The first-order valence-electron chi connectivity index (χ1n) is 6.59. The molecule has 0 aliphatic heterocycles. The number of nitrogen functional groups attached to an aromatic ring is 1. The smallest absolute Gasteiger partial charge is 0.240 e. The predicted molar refractivity (Wildman–Crippen MR) is 82.5 cm³/mol. The lowest BCUT2D eigenvalue weighted by molar-refractivity contribution is 0.325. The van der Waals surface area contributed by atoms with Gasteiger partial charge in [0, 0.05) is 17.3 Å². The Morgan fingerprint density at radius 1 is 0.955 bits per heavy atom. The van der Waals surface area contributed by atoms with E-state index in [1.165, 1.54) is 0 Å². The Morgan fingerprint density at radius 2 is 1.73 bits per heavy atom. The standard InChI is InChI=1S/C15H16N4O3/c1-20-11-7-6-9(12(21-2)13(11)22-3)10-5-4-8-19-14(10)17-15(16)18-19/h4-8H,1-3H3,(H2,16,18). The molecule has 114 valence electrons. The van der Waals surface area contributed by atoms with E-state index in [2.05, 4.69) is 10.1 Å². The summed E-state index contributed by atoms with van der Waals surface area (Å²) in [6, 6.07) is 7.50. The van der Waals surface area contributed by atoms with Crippen molar-refractivity contribution in [1.29, 1.82) is 0 Å². The molecule has 1 aromatic carbocycles. The summed E-state index contributed by atoms with van der Waals surface area (Å²) in [7, 11) is 4.73. The van der Waals surface area contributed by atoms with Gasteiger partial charge in [0.05, 0.1) is 21.3 Å². The molecule has 2 N–H and O–H groups in total. The first-order valence-corrected chi connectivity index (χ1v) is 6.59. The Bertz CT molecular complexity index is 829. The normalized spacial score (nSPS) is 10.7. The van der Waals surface area contributed by atoms with Crippen molar-refractivity contribution in [2.24, 2.45) is 0 Å². The number of anilines is 1. The molecule has 0 spiro atoms. The Morgan fingerprint density at radius 3 is 2.41 bits per heavy atom. The van der Waals surface area contributed by atoms with Gasteiger partial charge < -0.3 is 19.9 Å². The van der Waals surface area contributed by atoms with Crippen LogP contribution in [0, 0.1) is 0 Å². The van der Waals surface area contributed by atoms with Crippen LogP contribution in [0.25, 0.3) is 16.8 Å². The van der Waals surface area contributed by atoms with E-state index in [1.54, 1.807) is 32.0 Å². The number of ether oxygens (including phenoxy) is 3. The third-order valence-corrected chi connectivity index (χ3v) is 3.37. The highest BCUT2D eigenvalue weighted by Gasteiger charge is 2.19. The molecule has 0 aliphatic carbocycles. The Hall–Kier alpha value is -2.96. The molecule has 0 bridgehead atoms. The zero-order valence-electron chi connectivity index (χ0n) is 12.5. The molecule has 3 aromatic rings. The van der Waals surface area contributed by atoms with Crippen LogP contribution in [-0.2, 0) is 0 Å². The van der Waals surface area contributed by atoms with Crippen LogP contribution in [0.3, 0.4) is 0 Å². The minimum atomic E-state index is 0.215. The molecule has 7 heteroatoms. The van der Waals surface area contributed by atoms with Crippen LogP contribution < -0.4 is 19.9 Å². The number of benzene rings is 1. The van der Waals surface area contributed by atoms with Crippen LogP contribution in [0.2, 0.25) is 0 Å². The number of aromatic nitrogens is 3. The molecule has 2 aromatic heterocycles. The van der Waals surface area contributed by atoms with E-state index in [0.717, 1.165) is 11.1 Å². The largest absolute Gasteiger partial charge is 0.493 e. The zero-order chi connectivity index (χ0) is 15.7. The van der Waals surface area contributed by atoms with Gasteiger partial charge in [0.25, 0.3) is 0 Å². The van der Waals surface area contributed by atoms with Crippen LogP contribution in [-0.4, -0.2) is 35.9 Å². The zero-order valence-corrected chi connectivity index (χ0v) is 12.5. The number of hydrogen-bond acceptors (Lipinski definition) is 6. The fourth-order valence-corrected chi connectivity index (χ4v) is 2.45. The predicted octanol–water partition coefficient (Wildman–Crippen LogP) is 2.00. The molecule has 0 amide bonds. The summed E-state index contributed by atoms with van der Waals surface area (Å²) >= 11 is 0. The number of rotatable bonds is 4. The summed E-state index contributed by atoms with van der Waals surface area (Å²) < 4.78 is 17.9. The van der Waals surface area contributed by atoms with E-state index < -0.39 is 0 Å². The minimum absolute atomic E-state index is 0.215. The van der Waals surface area contributed by atoms with Crippen molar-refractivity contribution in [3.63, 3.8) is 0 Å². The molecule has 0 radical (unpaired) electrons. The number of pyridine rings is 1. The van der Waals surface area contributed by atoms with Crippen LogP contribution in [0.5, 0.6) is 17.2 Å². The third-order valence-electron chi connectivity index (χ3n) is 3.37. The molecule has 0 saturated carbocycles. The summed E-state index contributed by atoms with van der Waals surface area (Å²) in [6.07, 6.45) is 1.79. The maximum absolute atomic E-state index is 5.69. The average Bonchev–Trinajstić information content (AvgIpc) is 2.93. The molecule has 0 saturated heterocycles. The van der Waals surface area contributed by atoms with Gasteiger partial charge in [-0.2, -0.15) is 4.98 Å². The van der Waals surface area contributed by atoms with Gasteiger partial charge >= 0.3 is 0 Å². The minimum Gasteiger partial charge on any atom is -0.493 e. The molecule has 0 unspecified atom stereocenters. The van der Waals surface area contributed by atoms with Gasteiger partial charge in [0.15, 0.2) is 17.1 Å². The molecule has 0 fully saturated rings. The van der Waals surface area contributed by atoms with Crippen LogP contribution in [0.15, 0.2) is 30.5 Å². The highest BCUT2D eigenvalue weighted by molar-refractivity contribution is 5.84. The second-order valence-electron chi connectivity index (χ2n) is 4.54. The van der Waals surface area contributed by atoms with E-state index in [9.17, 15) is 0 Å². The molecular formula is C15H16N4O3. The number of hydrogen-bond donors (Lipinski definition) is 1. The molecule has 2 heterocycles. The molecule has 7 nitrogen and oxygen atoms in total. The number of fused-ring (bicyclic) bond motifs is 1. The Kier molecular flexibility index (Phi) is 3.46. The van der Waals surface area contributed by atoms with Crippen molar-refractivity contribution in [1.82, 2.24) is 14.6 Å². The number of methoxy groups -OCH3 is 3. The van der Waals surface area contributed by atoms with Gasteiger partial charge in [-0.15, -0.1) is 5.10 Å². The van der Waals surface area contributed by atoms with Gasteiger partial charge in [0.2, 0.25) is 11.7 Å². The maximum Gasteiger partial charge on any atom is 0.240 e. The monoisotopic (exact) mass is 300 g/mol. The van der Waals surface area contributed by atoms with E-state index in [0.29, 0.717) is 22.9 Å². The van der Waals surface area contributed by atoms with Crippen molar-refractivity contribution in [3.05, 3.63) is 30.5 Å². The van der Waals surface area contributed by atoms with E-state index in [-0.39, 0.29) is 5.95 Å². The van der Waals surface area contributed by atoms with Gasteiger partial charge in [0.1, 0.15) is 0 Å². The van der Waals surface area contributed by atoms with Crippen LogP contribution >= 0.6 is 0 Å². The topological polar surface area (TPSA) is 83.9 Å². The lowest BCUT2D eigenvalue weighted by Gasteiger charge is -2.16. The van der Waals surface area contributed by atoms with E-state index >= 15 is 0 Å². The van der Waals surface area contributed by atoms with Crippen molar-refractivity contribution >= 4 is 11.6 Å². The third kappa shape index (κ3) is 2.07. The van der Waals surface area contributed by atoms with Crippen molar-refractivity contribution < 1.29 is 14.2 Å². The second kappa shape index (κ2) is 5.44. The lowest BCUT2D eigenvalue weighted by atomic mass is 10.0. The first-order chi connectivity index (χ1) is 10.7. The van der Waals surface area contributed by atoms with Crippen molar-refractivity contribution in [2.75, 3.05) is 27.1 Å². The van der Waals surface area contributed by atoms with E-state index in [4.69, 9.17) is 19.9 Å². The van der Waals surface area contributed by atoms with E-state index in [1.807, 2.05) is 24.3 Å². The lowest BCUT2D eigenvalue weighted by Crippen LogP contribution is -1.98. The van der Waals surface area contributed by atoms with Gasteiger partial charge in [-0.05, 0) is 24.3 Å². The number of nitrogens with zero attached hydrogens (tertiary/aromatic N) is 3. The number of nitrogens with two attached hydrogens (primary N) is 1. The summed E-state index contributed by atoms with van der Waals surface area (Å²) in [6.45, 7) is 0. The summed E-state index contributed by atoms with van der Waals surface area (Å²) in [5, 5.41) is 4.12. The van der Waals surface area contributed by atoms with Gasteiger partial charge in [-0.3, -0.25) is 0 Å². The summed E-state index contributed by atoms with van der Waals surface area (Å²) in [5.74, 6) is 1.90. The molecule has 0 aliphatic rings. The maximum atomic E-state index is 5.69. The van der Waals surface area contributed by atoms with Crippen LogP contribution in [0.1, 0.15) is 0 Å². The average molecular weight is 300 g/mol. The fourth-order valence-electron chi connectivity index (χ4n) is 2.45. The van der Waals surface area contributed by atoms with Crippen LogP contribution in [0.4, 0.5) is 5.95 Å². The molecule has 3 rings (SSSR count). The Labute approximate surface area is 127 Å². The molecular weight excluding hydrogens is 284 g/mol. The van der Waals surface area contributed by atoms with Gasteiger partial charge in [-0.1, -0.05) is 0 Å². The summed E-state index contributed by atoms with van der Waals surface area (Å²) in [4.78, 5) is 4.26. The second-order valence-corrected chi connectivity index (χ2v) is 4.54. The first kappa shape index (κ1) is 14.0. The highest BCUT2D eigenvalue weighted by atomic mass is 16.5. The van der Waals surface area contributed by atoms with Crippen molar-refractivity contribution in [3.8, 4) is 28.4 Å². The molecule has 0 atom stereocenters. The van der Waals surface area contributed by atoms with Gasteiger partial charge in [-0.25, -0.2) is 4.52 Å². The molecule has 22 heavy (non-hydrogen) atoms. The SMILES string of the molecule is COc1ccc(-c2cccn3nc(N)nc23)c(OC)c1OC. The highest BCUT2D eigenvalue weighted by Crippen LogP contribution is 2.44. The Balaban J connectivity index is 2.30.